The Morgan fingerprint density at radius 2 is 1.75 bits per heavy atom. The number of imidazole rings is 2. The van der Waals surface area contributed by atoms with Crippen LogP contribution in [-0.2, 0) is 27.4 Å². The number of carbonyl (C=O) groups is 2. The zero-order valence-electron chi connectivity index (χ0n) is 36.5. The highest BCUT2D eigenvalue weighted by Crippen LogP contribution is 2.40. The van der Waals surface area contributed by atoms with E-state index in [1.807, 2.05) is 24.9 Å². The van der Waals surface area contributed by atoms with Crippen LogP contribution in [0.4, 0.5) is 4.79 Å². The van der Waals surface area contributed by atoms with Gasteiger partial charge in [-0.3, -0.25) is 9.69 Å². The summed E-state index contributed by atoms with van der Waals surface area (Å²) in [4.78, 5) is 47.1. The first-order chi connectivity index (χ1) is 29.5. The van der Waals surface area contributed by atoms with Gasteiger partial charge in [-0.1, -0.05) is 58.9 Å². The number of aryl methyl sites for hydroxylation is 1. The van der Waals surface area contributed by atoms with Crippen LogP contribution in [0, 0.1) is 17.0 Å². The summed E-state index contributed by atoms with van der Waals surface area (Å²) in [6, 6.07) is 18.8. The van der Waals surface area contributed by atoms with Gasteiger partial charge in [0, 0.05) is 72.6 Å². The van der Waals surface area contributed by atoms with Gasteiger partial charge in [0.15, 0.2) is 0 Å². The largest absolute Gasteiger partial charge is 0.783 e. The molecule has 1 fully saturated rings. The quantitative estimate of drug-likeness (QED) is 0.0645. The van der Waals surface area contributed by atoms with Crippen LogP contribution in [-0.4, -0.2) is 104 Å². The normalized spacial score (nSPS) is 17.8. The number of hydrogen-bond donors (Lipinski definition) is 3. The molecule has 2 aliphatic heterocycles. The molecule has 0 saturated carbocycles. The maximum absolute atomic E-state index is 13.8. The molecule has 324 valence electrons. The molecule has 0 spiro atoms. The Hall–Kier alpha value is -5.28. The topological polar surface area (TPSA) is 160 Å². The maximum atomic E-state index is 13.8. The second-order valence-electron chi connectivity index (χ2n) is 17.6. The van der Waals surface area contributed by atoms with E-state index >= 15 is 0 Å². The molecule has 61 heavy (non-hydrogen) atoms. The molecule has 0 aliphatic carbocycles. The molecule has 6 aromatic rings. The number of fused-ring (bicyclic) bond motifs is 6. The fourth-order valence-electron chi connectivity index (χ4n) is 9.63. The lowest BCUT2D eigenvalue weighted by atomic mass is 9.98. The molecule has 14 heteroatoms. The van der Waals surface area contributed by atoms with E-state index in [0.717, 1.165) is 94.1 Å². The summed E-state index contributed by atoms with van der Waals surface area (Å²) in [5.74, 6) is 1.83. The van der Waals surface area contributed by atoms with Crippen molar-refractivity contribution < 1.29 is 19.1 Å². The molecule has 2 aliphatic rings. The van der Waals surface area contributed by atoms with E-state index in [2.05, 4.69) is 100 Å². The lowest BCUT2D eigenvalue weighted by Gasteiger charge is -2.40. The lowest BCUT2D eigenvalue weighted by Crippen LogP contribution is -2.49. The number of aromatic nitrogens is 5. The van der Waals surface area contributed by atoms with Crippen molar-refractivity contribution in [3.8, 4) is 11.1 Å². The monoisotopic (exact) mass is 830 g/mol. The summed E-state index contributed by atoms with van der Waals surface area (Å²) in [7, 11) is 2.87. The van der Waals surface area contributed by atoms with Crippen LogP contribution in [0.5, 0.6) is 0 Å². The zero-order chi connectivity index (χ0) is 42.9. The SMILES string of the molecule is CCCN(Cc1ncc(C2CCn3c2cc2cc(-c4ccc5c(ccc6[nH]c([C@@H]7CCCN7C(=O)C(C(C)C)N([O-])COC)nc65)c4)ccc23)[nH]1)CC(NC(=O)OC)C(C)C. The Morgan fingerprint density at radius 3 is 2.49 bits per heavy atom. The number of hydrogen-bond acceptors (Lipinski definition) is 9. The van der Waals surface area contributed by atoms with E-state index < -0.39 is 12.1 Å². The Balaban J connectivity index is 0.999. The molecular weight excluding hydrogens is 771 g/mol. The van der Waals surface area contributed by atoms with Gasteiger partial charge in [-0.2, -0.15) is 0 Å². The van der Waals surface area contributed by atoms with Crippen molar-refractivity contribution in [2.75, 3.05) is 40.6 Å². The van der Waals surface area contributed by atoms with Gasteiger partial charge < -0.3 is 44.5 Å². The van der Waals surface area contributed by atoms with Crippen molar-refractivity contribution in [1.29, 1.82) is 0 Å². The molecule has 4 atom stereocenters. The van der Waals surface area contributed by atoms with Gasteiger partial charge in [-0.15, -0.1) is 0 Å². The van der Waals surface area contributed by atoms with E-state index in [-0.39, 0.29) is 42.5 Å². The van der Waals surface area contributed by atoms with Crippen molar-refractivity contribution in [2.24, 2.45) is 11.8 Å². The smallest absolute Gasteiger partial charge is 0.407 e. The van der Waals surface area contributed by atoms with Crippen LogP contribution >= 0.6 is 0 Å². The van der Waals surface area contributed by atoms with Crippen molar-refractivity contribution >= 4 is 44.7 Å². The van der Waals surface area contributed by atoms with Gasteiger partial charge in [-0.25, -0.2) is 14.8 Å². The molecule has 3 N–H and O–H groups in total. The number of methoxy groups -OCH3 is 2. The first-order valence-electron chi connectivity index (χ1n) is 21.9. The van der Waals surface area contributed by atoms with Crippen molar-refractivity contribution in [1.82, 2.24) is 44.7 Å². The van der Waals surface area contributed by atoms with Gasteiger partial charge in [0.25, 0.3) is 0 Å². The highest BCUT2D eigenvalue weighted by atomic mass is 16.6. The van der Waals surface area contributed by atoms with E-state index in [1.165, 1.54) is 30.8 Å². The second-order valence-corrected chi connectivity index (χ2v) is 17.6. The van der Waals surface area contributed by atoms with E-state index in [1.54, 1.807) is 0 Å². The summed E-state index contributed by atoms with van der Waals surface area (Å²) in [5.41, 5.74) is 7.76. The van der Waals surface area contributed by atoms with Crippen LogP contribution < -0.4 is 5.32 Å². The number of likely N-dealkylation sites (tertiary alicyclic amines) is 1. The summed E-state index contributed by atoms with van der Waals surface area (Å²) in [5, 5.41) is 19.9. The second kappa shape index (κ2) is 18.0. The third-order valence-corrected chi connectivity index (χ3v) is 12.7. The Morgan fingerprint density at radius 1 is 0.967 bits per heavy atom. The molecule has 3 unspecified atom stereocenters. The molecule has 0 bridgehead atoms. The summed E-state index contributed by atoms with van der Waals surface area (Å²) in [6.45, 7) is 13.9. The number of alkyl carbamates (subject to hydrolysis) is 1. The van der Waals surface area contributed by atoms with E-state index in [0.29, 0.717) is 19.6 Å². The van der Waals surface area contributed by atoms with E-state index in [9.17, 15) is 14.8 Å². The van der Waals surface area contributed by atoms with Gasteiger partial charge in [-0.05, 0) is 90.9 Å². The van der Waals surface area contributed by atoms with Gasteiger partial charge in [0.05, 0.1) is 43.5 Å². The molecule has 3 aromatic heterocycles. The first-order valence-corrected chi connectivity index (χ1v) is 21.9. The van der Waals surface area contributed by atoms with Crippen LogP contribution in [0.2, 0.25) is 0 Å². The maximum Gasteiger partial charge on any atom is 0.407 e. The predicted molar refractivity (Wildman–Crippen MR) is 239 cm³/mol. The fourth-order valence-corrected chi connectivity index (χ4v) is 9.63. The lowest BCUT2D eigenvalue weighted by molar-refractivity contribution is -0.140. The third kappa shape index (κ3) is 8.51. The number of benzene rings is 3. The Bertz CT molecular complexity index is 2500. The molecule has 1 saturated heterocycles. The highest BCUT2D eigenvalue weighted by Gasteiger charge is 2.37. The van der Waals surface area contributed by atoms with Crippen molar-refractivity contribution in [3.05, 3.63) is 89.0 Å². The summed E-state index contributed by atoms with van der Waals surface area (Å²) >= 11 is 0. The third-order valence-electron chi connectivity index (χ3n) is 12.7. The number of carbonyl (C=O) groups excluding carboxylic acids is 2. The molecule has 0 radical (unpaired) electrons. The standard InChI is InChI=1S/C47H60N9O5/c1-8-18-53(25-38(28(2)3)51-47(58)61-7)26-42-48-24-37(49-42)35-17-20-54-39-16-13-31(22-33(39)23-41(35)54)30-11-14-34-32(21-30)12-15-36-43(34)52-45(50-36)40-10-9-19-55(40)46(57)44(29(4)5)56(59)27-60-6/h11-16,21-24,28-29,35,38,40,44H,8-10,17-20,25-27H2,1-7H3,(H,48,49)(H,50,52)(H,51,58)/q-1/t35?,38?,40-,44?/m0/s1. The highest BCUT2D eigenvalue weighted by molar-refractivity contribution is 6.05. The molecule has 8 rings (SSSR count). The average Bonchev–Trinajstić information content (AvgIpc) is 4.09. The summed E-state index contributed by atoms with van der Waals surface area (Å²) in [6.07, 6.45) is 5.25. The summed E-state index contributed by atoms with van der Waals surface area (Å²) < 4.78 is 12.4. The molecule has 3 aromatic carbocycles. The fraction of sp³-hybridized carbons (Fsp3) is 0.489. The molecule has 5 heterocycles. The van der Waals surface area contributed by atoms with Gasteiger partial charge in [0.1, 0.15) is 11.6 Å². The minimum absolute atomic E-state index is 0.0315. The minimum atomic E-state index is -0.816. The first kappa shape index (κ1) is 42.4. The predicted octanol–water partition coefficient (Wildman–Crippen LogP) is 8.28. The Kier molecular flexibility index (Phi) is 12.5. The van der Waals surface area contributed by atoms with Gasteiger partial charge >= 0.3 is 6.09 Å². The van der Waals surface area contributed by atoms with E-state index in [4.69, 9.17) is 19.4 Å². The molecule has 14 nitrogen and oxygen atoms in total. The van der Waals surface area contributed by atoms with Crippen LogP contribution in [0.15, 0.2) is 60.8 Å². The van der Waals surface area contributed by atoms with Crippen molar-refractivity contribution in [3.63, 3.8) is 0 Å². The molecular formula is C47H60N9O5-. The number of rotatable bonds is 16. The van der Waals surface area contributed by atoms with Crippen molar-refractivity contribution in [2.45, 2.75) is 97.4 Å². The zero-order valence-corrected chi connectivity index (χ0v) is 36.5. The van der Waals surface area contributed by atoms with Crippen LogP contribution in [0.3, 0.4) is 0 Å². The Labute approximate surface area is 357 Å². The number of hydroxylamine groups is 2. The average molecular weight is 831 g/mol. The van der Waals surface area contributed by atoms with Crippen LogP contribution in [0.1, 0.15) is 95.3 Å². The number of amides is 2. The van der Waals surface area contributed by atoms with Crippen LogP contribution in [0.25, 0.3) is 43.8 Å². The number of ether oxygens (including phenoxy) is 2. The minimum Gasteiger partial charge on any atom is -0.783 e. The number of nitrogens with zero attached hydrogens (tertiary/aromatic N) is 6. The number of H-pyrrole nitrogens is 2. The molecule has 2 amide bonds. The number of aromatic amines is 2. The van der Waals surface area contributed by atoms with Gasteiger partial charge in [0.2, 0.25) is 5.91 Å². The number of nitrogens with one attached hydrogen (secondary N) is 3.